The third-order valence-electron chi connectivity index (χ3n) is 5.70. The summed E-state index contributed by atoms with van der Waals surface area (Å²) < 4.78 is 26.0. The molecule has 0 unspecified atom stereocenters. The second-order valence-corrected chi connectivity index (χ2v) is 11.1. The molecule has 0 aliphatic rings. The summed E-state index contributed by atoms with van der Waals surface area (Å²) in [5, 5.41) is 3.41. The van der Waals surface area contributed by atoms with Crippen LogP contribution in [-0.4, -0.2) is 50.5 Å². The summed E-state index contributed by atoms with van der Waals surface area (Å²) >= 11 is 5.93. The number of unbranched alkanes of at least 4 members (excludes halogenated alkanes) is 1. The van der Waals surface area contributed by atoms with E-state index in [1.54, 1.807) is 36.1 Å². The van der Waals surface area contributed by atoms with E-state index in [1.165, 1.54) is 4.31 Å². The maximum absolute atomic E-state index is 13.3. The summed E-state index contributed by atoms with van der Waals surface area (Å²) in [6.45, 7) is 6.76. The zero-order valence-electron chi connectivity index (χ0n) is 21.0. The maximum Gasteiger partial charge on any atom is 0.242 e. The Labute approximate surface area is 214 Å². The van der Waals surface area contributed by atoms with Crippen molar-refractivity contribution in [2.24, 2.45) is 0 Å². The van der Waals surface area contributed by atoms with Crippen LogP contribution >= 0.6 is 11.6 Å². The Bertz CT molecular complexity index is 1090. The van der Waals surface area contributed by atoms with Crippen molar-refractivity contribution in [2.75, 3.05) is 23.7 Å². The number of hydrogen-bond acceptors (Lipinski definition) is 4. The van der Waals surface area contributed by atoms with Crippen LogP contribution < -0.4 is 9.62 Å². The standard InChI is InChI=1S/C26H36ClN3O4S/c1-5-6-16-28-26(32)21(3)29(19-22-10-7-9-20(2)18-22)25(31)11-8-17-30(35(4,33)34)24-14-12-23(27)13-15-24/h7,9-10,12-15,18,21H,5-6,8,11,16-17,19H2,1-4H3,(H,28,32)/t21-/m0/s1. The van der Waals surface area contributed by atoms with Crippen molar-refractivity contribution in [3.05, 3.63) is 64.7 Å². The zero-order chi connectivity index (χ0) is 26.0. The number of carbonyl (C=O) groups is 2. The van der Waals surface area contributed by atoms with Gasteiger partial charge in [-0.25, -0.2) is 8.42 Å². The van der Waals surface area contributed by atoms with Crippen molar-refractivity contribution in [3.8, 4) is 0 Å². The number of aryl methyl sites for hydroxylation is 1. The van der Waals surface area contributed by atoms with E-state index in [0.29, 0.717) is 30.2 Å². The van der Waals surface area contributed by atoms with Crippen molar-refractivity contribution < 1.29 is 18.0 Å². The summed E-state index contributed by atoms with van der Waals surface area (Å²) in [7, 11) is -3.54. The van der Waals surface area contributed by atoms with Gasteiger partial charge < -0.3 is 10.2 Å². The van der Waals surface area contributed by atoms with Gasteiger partial charge in [-0.05, 0) is 56.5 Å². The lowest BCUT2D eigenvalue weighted by Gasteiger charge is -2.29. The van der Waals surface area contributed by atoms with Gasteiger partial charge in [0.15, 0.2) is 0 Å². The van der Waals surface area contributed by atoms with E-state index in [4.69, 9.17) is 11.6 Å². The van der Waals surface area contributed by atoms with Crippen molar-refractivity contribution >= 4 is 39.1 Å². The molecule has 0 heterocycles. The largest absolute Gasteiger partial charge is 0.354 e. The number of nitrogens with one attached hydrogen (secondary N) is 1. The van der Waals surface area contributed by atoms with Gasteiger partial charge >= 0.3 is 0 Å². The average Bonchev–Trinajstić information content (AvgIpc) is 2.80. The molecule has 0 radical (unpaired) electrons. The van der Waals surface area contributed by atoms with Crippen molar-refractivity contribution in [3.63, 3.8) is 0 Å². The number of rotatable bonds is 13. The Morgan fingerprint density at radius 1 is 1.09 bits per heavy atom. The molecule has 9 heteroatoms. The first-order valence-electron chi connectivity index (χ1n) is 11.9. The molecule has 35 heavy (non-hydrogen) atoms. The molecule has 0 aliphatic heterocycles. The molecule has 2 rings (SSSR count). The highest BCUT2D eigenvalue weighted by molar-refractivity contribution is 7.92. The normalized spacial score (nSPS) is 12.1. The highest BCUT2D eigenvalue weighted by Crippen LogP contribution is 2.21. The highest BCUT2D eigenvalue weighted by atomic mass is 35.5. The van der Waals surface area contributed by atoms with Gasteiger partial charge in [-0.2, -0.15) is 0 Å². The molecular weight excluding hydrogens is 486 g/mol. The van der Waals surface area contributed by atoms with E-state index in [1.807, 2.05) is 38.1 Å². The molecule has 2 aromatic rings. The zero-order valence-corrected chi connectivity index (χ0v) is 22.5. The fourth-order valence-electron chi connectivity index (χ4n) is 3.74. The quantitative estimate of drug-likeness (QED) is 0.392. The smallest absolute Gasteiger partial charge is 0.242 e. The molecule has 7 nitrogen and oxygen atoms in total. The highest BCUT2D eigenvalue weighted by Gasteiger charge is 2.26. The van der Waals surface area contributed by atoms with Gasteiger partial charge in [0.05, 0.1) is 11.9 Å². The van der Waals surface area contributed by atoms with E-state index in [-0.39, 0.29) is 24.8 Å². The van der Waals surface area contributed by atoms with E-state index in [0.717, 1.165) is 30.2 Å². The number of carbonyl (C=O) groups excluding carboxylic acids is 2. The maximum atomic E-state index is 13.3. The summed E-state index contributed by atoms with van der Waals surface area (Å²) in [5.74, 6) is -0.396. The Morgan fingerprint density at radius 3 is 2.37 bits per heavy atom. The van der Waals surface area contributed by atoms with Crippen LogP contribution in [0.5, 0.6) is 0 Å². The van der Waals surface area contributed by atoms with E-state index >= 15 is 0 Å². The van der Waals surface area contributed by atoms with Crippen LogP contribution in [0.1, 0.15) is 50.7 Å². The van der Waals surface area contributed by atoms with Crippen LogP contribution in [0.2, 0.25) is 5.02 Å². The topological polar surface area (TPSA) is 86.8 Å². The van der Waals surface area contributed by atoms with Crippen molar-refractivity contribution in [1.82, 2.24) is 10.2 Å². The van der Waals surface area contributed by atoms with Gasteiger partial charge in [0.2, 0.25) is 21.8 Å². The summed E-state index contributed by atoms with van der Waals surface area (Å²) in [6, 6.07) is 13.7. The molecule has 0 aliphatic carbocycles. The van der Waals surface area contributed by atoms with Crippen LogP contribution in [0, 0.1) is 6.92 Å². The van der Waals surface area contributed by atoms with E-state index in [9.17, 15) is 18.0 Å². The molecule has 192 valence electrons. The van der Waals surface area contributed by atoms with Crippen LogP contribution in [0.4, 0.5) is 5.69 Å². The lowest BCUT2D eigenvalue weighted by atomic mass is 10.1. The SMILES string of the molecule is CCCCNC(=O)[C@H](C)N(Cc1cccc(C)c1)C(=O)CCCN(c1ccc(Cl)cc1)S(C)(=O)=O. The van der Waals surface area contributed by atoms with Crippen LogP contribution in [-0.2, 0) is 26.2 Å². The fourth-order valence-corrected chi connectivity index (χ4v) is 4.83. The lowest BCUT2D eigenvalue weighted by Crippen LogP contribution is -2.48. The minimum atomic E-state index is -3.54. The van der Waals surface area contributed by atoms with Crippen LogP contribution in [0.15, 0.2) is 48.5 Å². The third-order valence-corrected chi connectivity index (χ3v) is 7.15. The van der Waals surface area contributed by atoms with Crippen molar-refractivity contribution in [2.45, 2.75) is 59.0 Å². The third kappa shape index (κ3) is 9.18. The van der Waals surface area contributed by atoms with Gasteiger partial charge in [-0.1, -0.05) is 54.8 Å². The molecule has 0 saturated heterocycles. The minimum Gasteiger partial charge on any atom is -0.354 e. The predicted octanol–water partition coefficient (Wildman–Crippen LogP) is 4.53. The lowest BCUT2D eigenvalue weighted by molar-refractivity contribution is -0.140. The molecule has 0 aromatic heterocycles. The van der Waals surface area contributed by atoms with Gasteiger partial charge in [0, 0.05) is 31.1 Å². The fraction of sp³-hybridized carbons (Fsp3) is 0.462. The Balaban J connectivity index is 2.13. The molecular formula is C26H36ClN3O4S. The average molecular weight is 522 g/mol. The molecule has 0 spiro atoms. The number of nitrogens with zero attached hydrogens (tertiary/aromatic N) is 2. The van der Waals surface area contributed by atoms with E-state index in [2.05, 4.69) is 5.32 Å². The van der Waals surface area contributed by atoms with E-state index < -0.39 is 16.1 Å². The van der Waals surface area contributed by atoms with Gasteiger partial charge in [-0.3, -0.25) is 13.9 Å². The Morgan fingerprint density at radius 2 is 1.77 bits per heavy atom. The molecule has 1 N–H and O–H groups in total. The molecule has 1 atom stereocenters. The predicted molar refractivity (Wildman–Crippen MR) is 142 cm³/mol. The van der Waals surface area contributed by atoms with Crippen LogP contribution in [0.25, 0.3) is 0 Å². The van der Waals surface area contributed by atoms with Gasteiger partial charge in [0.25, 0.3) is 0 Å². The first kappa shape index (κ1) is 28.7. The Hall–Kier alpha value is -2.58. The number of sulfonamides is 1. The second-order valence-electron chi connectivity index (χ2n) is 8.75. The number of hydrogen-bond donors (Lipinski definition) is 1. The number of anilines is 1. The summed E-state index contributed by atoms with van der Waals surface area (Å²) in [4.78, 5) is 27.6. The first-order valence-corrected chi connectivity index (χ1v) is 14.1. The van der Waals surface area contributed by atoms with Crippen LogP contribution in [0.3, 0.4) is 0 Å². The van der Waals surface area contributed by atoms with Gasteiger partial charge in [0.1, 0.15) is 6.04 Å². The summed E-state index contributed by atoms with van der Waals surface area (Å²) in [6.07, 6.45) is 3.39. The van der Waals surface area contributed by atoms with Crippen molar-refractivity contribution in [1.29, 1.82) is 0 Å². The van der Waals surface area contributed by atoms with Gasteiger partial charge in [-0.15, -0.1) is 0 Å². The number of benzene rings is 2. The number of amides is 2. The molecule has 2 amide bonds. The number of halogens is 1. The monoisotopic (exact) mass is 521 g/mol. The summed E-state index contributed by atoms with van der Waals surface area (Å²) in [5.41, 5.74) is 2.50. The Kier molecular flexibility index (Phi) is 11.0. The molecule has 0 fully saturated rings. The first-order chi connectivity index (χ1) is 16.5. The molecule has 0 saturated carbocycles. The second kappa shape index (κ2) is 13.5. The molecule has 0 bridgehead atoms. The minimum absolute atomic E-state index is 0.109. The molecule has 2 aromatic carbocycles.